The summed E-state index contributed by atoms with van der Waals surface area (Å²) in [5.74, 6) is -1.60. The first kappa shape index (κ1) is 21.3. The lowest BCUT2D eigenvalue weighted by Gasteiger charge is -2.12. The van der Waals surface area contributed by atoms with Crippen molar-refractivity contribution in [3.8, 4) is 0 Å². The third-order valence-electron chi connectivity index (χ3n) is 3.56. The van der Waals surface area contributed by atoms with Gasteiger partial charge in [0, 0.05) is 10.7 Å². The van der Waals surface area contributed by atoms with Gasteiger partial charge in [-0.1, -0.05) is 23.7 Å². The third-order valence-corrected chi connectivity index (χ3v) is 4.02. The maximum atomic E-state index is 12.1. The van der Waals surface area contributed by atoms with E-state index in [-0.39, 0.29) is 28.6 Å². The van der Waals surface area contributed by atoms with Gasteiger partial charge in [0.1, 0.15) is 0 Å². The molecule has 0 aromatic heterocycles. The quantitative estimate of drug-likeness (QED) is 0.567. The van der Waals surface area contributed by atoms with Gasteiger partial charge in [-0.15, -0.1) is 0 Å². The van der Waals surface area contributed by atoms with E-state index in [2.05, 4.69) is 20.1 Å². The minimum atomic E-state index is -0.633. The van der Waals surface area contributed by atoms with Crippen LogP contribution in [0, 0.1) is 0 Å². The monoisotopic (exact) mass is 420 g/mol. The van der Waals surface area contributed by atoms with Crippen LogP contribution in [0.5, 0.6) is 0 Å². The summed E-state index contributed by atoms with van der Waals surface area (Å²) in [4.78, 5) is 35.7. The number of carbonyl (C=O) groups excluding carboxylic acids is 3. The molecular weight excluding hydrogens is 404 g/mol. The van der Waals surface area contributed by atoms with Crippen LogP contribution in [0.1, 0.15) is 26.3 Å². The van der Waals surface area contributed by atoms with Crippen molar-refractivity contribution in [2.45, 2.75) is 6.42 Å². The van der Waals surface area contributed by atoms with Crippen LogP contribution < -0.4 is 10.6 Å². The topological polar surface area (TPSA) is 93.7 Å². The number of esters is 2. The van der Waals surface area contributed by atoms with Gasteiger partial charge in [-0.25, -0.2) is 9.59 Å². The number of hydrogen-bond donors (Lipinski definition) is 2. The van der Waals surface area contributed by atoms with Crippen LogP contribution in [0.4, 0.5) is 5.69 Å². The SMILES string of the molecule is COC(=O)c1cc(NC(=S)NC(=O)Cc2ccc(Cl)cc2)cc(C(=O)OC)c1. The highest BCUT2D eigenvalue weighted by Crippen LogP contribution is 2.17. The average molecular weight is 421 g/mol. The molecule has 2 rings (SSSR count). The first-order valence-corrected chi connectivity index (χ1v) is 8.78. The van der Waals surface area contributed by atoms with Crippen molar-refractivity contribution in [3.05, 3.63) is 64.2 Å². The van der Waals surface area contributed by atoms with Crippen molar-refractivity contribution in [1.29, 1.82) is 0 Å². The molecule has 1 amide bonds. The number of methoxy groups -OCH3 is 2. The van der Waals surface area contributed by atoms with Gasteiger partial charge in [0.25, 0.3) is 0 Å². The molecule has 0 radical (unpaired) electrons. The van der Waals surface area contributed by atoms with E-state index in [0.29, 0.717) is 10.7 Å². The fraction of sp³-hybridized carbons (Fsp3) is 0.158. The predicted octanol–water partition coefficient (Wildman–Crippen LogP) is 2.97. The molecule has 0 unspecified atom stereocenters. The summed E-state index contributed by atoms with van der Waals surface area (Å²) in [5, 5.41) is 5.89. The first-order valence-electron chi connectivity index (χ1n) is 7.99. The Hall–Kier alpha value is -2.97. The van der Waals surface area contributed by atoms with Crippen molar-refractivity contribution in [2.75, 3.05) is 19.5 Å². The molecule has 2 aromatic carbocycles. The Kier molecular flexibility index (Phi) is 7.48. The summed E-state index contributed by atoms with van der Waals surface area (Å²) in [6, 6.07) is 11.1. The van der Waals surface area contributed by atoms with Crippen molar-refractivity contribution < 1.29 is 23.9 Å². The molecule has 9 heteroatoms. The molecule has 0 aliphatic carbocycles. The van der Waals surface area contributed by atoms with E-state index in [1.807, 2.05) is 0 Å². The Morgan fingerprint density at radius 2 is 1.50 bits per heavy atom. The molecule has 7 nitrogen and oxygen atoms in total. The fourth-order valence-electron chi connectivity index (χ4n) is 2.29. The van der Waals surface area contributed by atoms with Crippen molar-refractivity contribution >= 4 is 52.5 Å². The van der Waals surface area contributed by atoms with Crippen LogP contribution in [0.3, 0.4) is 0 Å². The fourth-order valence-corrected chi connectivity index (χ4v) is 2.65. The van der Waals surface area contributed by atoms with Crippen molar-refractivity contribution in [2.24, 2.45) is 0 Å². The molecule has 0 saturated heterocycles. The lowest BCUT2D eigenvalue weighted by Crippen LogP contribution is -2.35. The average Bonchev–Trinajstić information content (AvgIpc) is 2.67. The van der Waals surface area contributed by atoms with E-state index in [1.54, 1.807) is 24.3 Å². The lowest BCUT2D eigenvalue weighted by atomic mass is 10.1. The standard InChI is InChI=1S/C19H17ClN2O5S/c1-26-17(24)12-8-13(18(25)27-2)10-15(9-12)21-19(28)22-16(23)7-11-3-5-14(20)6-4-11/h3-6,8-10H,7H2,1-2H3,(H2,21,22,23,28). The molecule has 0 aliphatic heterocycles. The van der Waals surface area contributed by atoms with Crippen molar-refractivity contribution in [1.82, 2.24) is 5.32 Å². The number of ether oxygens (including phenoxy) is 2. The van der Waals surface area contributed by atoms with E-state index in [9.17, 15) is 14.4 Å². The Bertz CT molecular complexity index is 881. The van der Waals surface area contributed by atoms with Crippen LogP contribution >= 0.6 is 23.8 Å². The molecule has 0 saturated carbocycles. The molecule has 0 spiro atoms. The van der Waals surface area contributed by atoms with Crippen LogP contribution in [-0.2, 0) is 20.7 Å². The molecule has 2 aromatic rings. The highest BCUT2D eigenvalue weighted by atomic mass is 35.5. The van der Waals surface area contributed by atoms with Crippen LogP contribution in [0.15, 0.2) is 42.5 Å². The van der Waals surface area contributed by atoms with E-state index in [4.69, 9.17) is 23.8 Å². The zero-order chi connectivity index (χ0) is 20.7. The zero-order valence-corrected chi connectivity index (χ0v) is 16.6. The third kappa shape index (κ3) is 6.04. The van der Waals surface area contributed by atoms with Gasteiger partial charge in [0.15, 0.2) is 5.11 Å². The molecule has 0 aliphatic rings. The van der Waals surface area contributed by atoms with E-state index >= 15 is 0 Å². The van der Waals surface area contributed by atoms with Gasteiger partial charge in [-0.05, 0) is 48.1 Å². The molecule has 0 fully saturated rings. The maximum absolute atomic E-state index is 12.1. The molecule has 0 bridgehead atoms. The van der Waals surface area contributed by atoms with E-state index in [1.165, 1.54) is 32.4 Å². The number of rotatable bonds is 5. The predicted molar refractivity (Wildman–Crippen MR) is 109 cm³/mol. The van der Waals surface area contributed by atoms with Gasteiger partial charge < -0.3 is 20.1 Å². The Balaban J connectivity index is 2.09. The van der Waals surface area contributed by atoms with Gasteiger partial charge in [0.05, 0.1) is 31.8 Å². The number of thiocarbonyl (C=S) groups is 1. The summed E-state index contributed by atoms with van der Waals surface area (Å²) in [7, 11) is 2.45. The molecule has 0 atom stereocenters. The highest BCUT2D eigenvalue weighted by molar-refractivity contribution is 7.80. The van der Waals surface area contributed by atoms with Crippen LogP contribution in [0.2, 0.25) is 5.02 Å². The minimum absolute atomic E-state index is 0.0109. The molecule has 28 heavy (non-hydrogen) atoms. The van der Waals surface area contributed by atoms with Gasteiger partial charge in [-0.2, -0.15) is 0 Å². The van der Waals surface area contributed by atoms with Gasteiger partial charge in [0.2, 0.25) is 5.91 Å². The number of halogens is 1. The normalized spacial score (nSPS) is 9.96. The highest BCUT2D eigenvalue weighted by Gasteiger charge is 2.15. The van der Waals surface area contributed by atoms with E-state index < -0.39 is 11.9 Å². The molecule has 0 heterocycles. The Morgan fingerprint density at radius 3 is 2.00 bits per heavy atom. The molecule has 2 N–H and O–H groups in total. The number of amides is 1. The van der Waals surface area contributed by atoms with E-state index in [0.717, 1.165) is 5.56 Å². The maximum Gasteiger partial charge on any atom is 0.337 e. The Labute approximate surface area is 172 Å². The van der Waals surface area contributed by atoms with Crippen LogP contribution in [0.25, 0.3) is 0 Å². The number of anilines is 1. The lowest BCUT2D eigenvalue weighted by molar-refractivity contribution is -0.119. The Morgan fingerprint density at radius 1 is 0.964 bits per heavy atom. The number of benzene rings is 2. The second-order valence-corrected chi connectivity index (χ2v) is 6.43. The zero-order valence-electron chi connectivity index (χ0n) is 15.1. The molecular formula is C19H17ClN2O5S. The second kappa shape index (κ2) is 9.82. The number of carbonyl (C=O) groups is 3. The smallest absolute Gasteiger partial charge is 0.337 e. The van der Waals surface area contributed by atoms with Crippen LogP contribution in [-0.4, -0.2) is 37.2 Å². The summed E-state index contributed by atoms with van der Waals surface area (Å²) < 4.78 is 9.35. The largest absolute Gasteiger partial charge is 0.465 e. The van der Waals surface area contributed by atoms with Gasteiger partial charge >= 0.3 is 11.9 Å². The minimum Gasteiger partial charge on any atom is -0.465 e. The number of hydrogen-bond acceptors (Lipinski definition) is 6. The summed E-state index contributed by atoms with van der Waals surface area (Å²) in [6.45, 7) is 0. The van der Waals surface area contributed by atoms with Crippen molar-refractivity contribution in [3.63, 3.8) is 0 Å². The molecule has 146 valence electrons. The first-order chi connectivity index (χ1) is 13.3. The summed E-state index contributed by atoms with van der Waals surface area (Å²) in [5.41, 5.74) is 1.34. The summed E-state index contributed by atoms with van der Waals surface area (Å²) in [6.07, 6.45) is 0.106. The summed E-state index contributed by atoms with van der Waals surface area (Å²) >= 11 is 10.9. The number of nitrogens with one attached hydrogen (secondary N) is 2. The second-order valence-electron chi connectivity index (χ2n) is 5.59. The van der Waals surface area contributed by atoms with Gasteiger partial charge in [-0.3, -0.25) is 4.79 Å².